The van der Waals surface area contributed by atoms with Crippen LogP contribution in [-0.4, -0.2) is 0 Å². The lowest BCUT2D eigenvalue weighted by Crippen LogP contribution is -1.56. The number of fused-ring (bicyclic) bond motifs is 2. The summed E-state index contributed by atoms with van der Waals surface area (Å²) in [6, 6.07) is 29.2. The minimum atomic E-state index is 1.35. The van der Waals surface area contributed by atoms with E-state index in [-0.39, 0.29) is 0 Å². The third-order valence-electron chi connectivity index (χ3n) is 3.57. The fraction of sp³-hybridized carbons (Fsp3) is 0. The molecule has 0 unspecified atom stereocenters. The Bertz CT molecular complexity index is 929. The fourth-order valence-electron chi connectivity index (χ4n) is 2.27. The molecular formula is C24H20S4. The average molecular weight is 437 g/mol. The van der Waals surface area contributed by atoms with Crippen LogP contribution in [0.5, 0.6) is 0 Å². The number of hydrogen-bond donors (Lipinski definition) is 0. The molecule has 28 heavy (non-hydrogen) atoms. The molecule has 0 nitrogen and oxygen atoms in total. The van der Waals surface area contributed by atoms with Crippen LogP contribution in [0.2, 0.25) is 0 Å². The molecule has 0 radical (unpaired) electrons. The first kappa shape index (κ1) is 20.5. The smallest absolute Gasteiger partial charge is 0.0342 e. The van der Waals surface area contributed by atoms with Crippen LogP contribution in [0, 0.1) is 0 Å². The minimum absolute atomic E-state index is 1.35. The Labute approximate surface area is 182 Å². The molecule has 2 aromatic carbocycles. The second kappa shape index (κ2) is 12.3. The number of benzene rings is 2. The van der Waals surface area contributed by atoms with Crippen LogP contribution in [0.1, 0.15) is 0 Å². The molecule has 6 rings (SSSR count). The van der Waals surface area contributed by atoms with E-state index in [9.17, 15) is 0 Å². The lowest BCUT2D eigenvalue weighted by atomic mass is 10.3. The van der Waals surface area contributed by atoms with Gasteiger partial charge in [-0.05, 0) is 67.3 Å². The van der Waals surface area contributed by atoms with E-state index in [2.05, 4.69) is 71.4 Å². The summed E-state index contributed by atoms with van der Waals surface area (Å²) in [5.74, 6) is 0. The van der Waals surface area contributed by atoms with Crippen molar-refractivity contribution in [1.82, 2.24) is 0 Å². The third kappa shape index (κ3) is 7.06. The molecule has 0 fully saturated rings. The Hall–Kier alpha value is -2.24. The van der Waals surface area contributed by atoms with Gasteiger partial charge in [-0.2, -0.15) is 22.7 Å². The van der Waals surface area contributed by atoms with E-state index in [0.717, 1.165) is 0 Å². The molecule has 0 aliphatic rings. The molecule has 0 aliphatic heterocycles. The summed E-state index contributed by atoms with van der Waals surface area (Å²) in [5.41, 5.74) is 0. The van der Waals surface area contributed by atoms with Gasteiger partial charge in [0, 0.05) is 9.40 Å². The van der Waals surface area contributed by atoms with Gasteiger partial charge in [-0.25, -0.2) is 0 Å². The Balaban J connectivity index is 0.000000112. The van der Waals surface area contributed by atoms with Crippen LogP contribution in [0.25, 0.3) is 20.2 Å². The van der Waals surface area contributed by atoms with Crippen molar-refractivity contribution in [2.45, 2.75) is 0 Å². The maximum absolute atomic E-state index is 2.14. The summed E-state index contributed by atoms with van der Waals surface area (Å²) in [5, 5.41) is 15.1. The first-order chi connectivity index (χ1) is 13.9. The first-order valence-electron chi connectivity index (χ1n) is 8.72. The van der Waals surface area contributed by atoms with E-state index >= 15 is 0 Å². The van der Waals surface area contributed by atoms with Crippen molar-refractivity contribution >= 4 is 65.5 Å². The monoisotopic (exact) mass is 436 g/mol. The molecule has 0 N–H and O–H groups in total. The van der Waals surface area contributed by atoms with Crippen molar-refractivity contribution in [3.8, 4) is 0 Å². The molecule has 0 saturated heterocycles. The highest BCUT2D eigenvalue weighted by Gasteiger charge is 1.88. The Morgan fingerprint density at radius 2 is 0.750 bits per heavy atom. The van der Waals surface area contributed by atoms with E-state index in [1.807, 2.05) is 45.8 Å². The van der Waals surface area contributed by atoms with Crippen LogP contribution in [0.3, 0.4) is 0 Å². The molecule has 4 heterocycles. The molecule has 0 spiro atoms. The zero-order valence-electron chi connectivity index (χ0n) is 15.2. The number of rotatable bonds is 0. The SMILES string of the molecule is c1ccc2sccc2c1.c1ccc2sccc2c1.c1ccsc1.c1ccsc1. The summed E-state index contributed by atoms with van der Waals surface area (Å²) in [4.78, 5) is 0. The van der Waals surface area contributed by atoms with Gasteiger partial charge in [0.25, 0.3) is 0 Å². The molecule has 6 aromatic rings. The van der Waals surface area contributed by atoms with Crippen molar-refractivity contribution < 1.29 is 0 Å². The molecule has 140 valence electrons. The molecule has 0 bridgehead atoms. The predicted octanol–water partition coefficient (Wildman–Crippen LogP) is 9.30. The van der Waals surface area contributed by atoms with Gasteiger partial charge in [0.15, 0.2) is 0 Å². The quantitative estimate of drug-likeness (QED) is 0.222. The van der Waals surface area contributed by atoms with Crippen molar-refractivity contribution in [3.05, 3.63) is 117 Å². The number of hydrogen-bond acceptors (Lipinski definition) is 4. The van der Waals surface area contributed by atoms with Gasteiger partial charge in [-0.15, -0.1) is 22.7 Å². The third-order valence-corrected chi connectivity index (χ3v) is 6.63. The lowest BCUT2D eigenvalue weighted by Gasteiger charge is -1.82. The van der Waals surface area contributed by atoms with Crippen molar-refractivity contribution in [3.63, 3.8) is 0 Å². The zero-order valence-corrected chi connectivity index (χ0v) is 18.4. The van der Waals surface area contributed by atoms with Gasteiger partial charge in [0.2, 0.25) is 0 Å². The van der Waals surface area contributed by atoms with Crippen molar-refractivity contribution in [2.75, 3.05) is 0 Å². The van der Waals surface area contributed by atoms with Crippen LogP contribution < -0.4 is 0 Å². The Morgan fingerprint density at radius 3 is 1.07 bits per heavy atom. The molecule has 4 heteroatoms. The largest absolute Gasteiger partial charge is 0.152 e. The van der Waals surface area contributed by atoms with Crippen LogP contribution in [0.4, 0.5) is 0 Å². The predicted molar refractivity (Wildman–Crippen MR) is 132 cm³/mol. The summed E-state index contributed by atoms with van der Waals surface area (Å²) in [6.07, 6.45) is 0. The van der Waals surface area contributed by atoms with E-state index in [1.54, 1.807) is 45.3 Å². The van der Waals surface area contributed by atoms with Gasteiger partial charge < -0.3 is 0 Å². The van der Waals surface area contributed by atoms with Gasteiger partial charge in [-0.1, -0.05) is 60.7 Å². The normalized spacial score (nSPS) is 9.43. The summed E-state index contributed by atoms with van der Waals surface area (Å²) in [7, 11) is 0. The zero-order chi connectivity index (χ0) is 19.3. The maximum Gasteiger partial charge on any atom is 0.0342 e. The molecule has 4 aromatic heterocycles. The van der Waals surface area contributed by atoms with Crippen LogP contribution >= 0.6 is 45.3 Å². The molecule has 0 atom stereocenters. The topological polar surface area (TPSA) is 0 Å². The van der Waals surface area contributed by atoms with E-state index in [4.69, 9.17) is 0 Å². The van der Waals surface area contributed by atoms with E-state index in [0.29, 0.717) is 0 Å². The Morgan fingerprint density at radius 1 is 0.357 bits per heavy atom. The standard InChI is InChI=1S/2C8H6S.2C4H4S/c2*1-2-4-8-7(3-1)5-6-9-8;2*1-2-4-5-3-1/h2*1-6H;2*1-4H. The van der Waals surface area contributed by atoms with Crippen LogP contribution in [-0.2, 0) is 0 Å². The average Bonchev–Trinajstić information content (AvgIpc) is 3.56. The molecule has 0 amide bonds. The minimum Gasteiger partial charge on any atom is -0.152 e. The van der Waals surface area contributed by atoms with Gasteiger partial charge in [0.05, 0.1) is 0 Å². The van der Waals surface area contributed by atoms with E-state index in [1.165, 1.54) is 20.2 Å². The summed E-state index contributed by atoms with van der Waals surface area (Å²) in [6.45, 7) is 0. The molecule has 0 saturated carbocycles. The highest BCUT2D eigenvalue weighted by atomic mass is 32.1. The van der Waals surface area contributed by atoms with Crippen molar-refractivity contribution in [1.29, 1.82) is 0 Å². The molecule has 0 aliphatic carbocycles. The van der Waals surface area contributed by atoms with Gasteiger partial charge in [0.1, 0.15) is 0 Å². The molecular weight excluding hydrogens is 417 g/mol. The van der Waals surface area contributed by atoms with Gasteiger partial charge in [-0.3, -0.25) is 0 Å². The summed E-state index contributed by atoms with van der Waals surface area (Å²) < 4.78 is 2.75. The highest BCUT2D eigenvalue weighted by molar-refractivity contribution is 7.17. The Kier molecular flexibility index (Phi) is 8.98. The lowest BCUT2D eigenvalue weighted by molar-refractivity contribution is 1.86. The highest BCUT2D eigenvalue weighted by Crippen LogP contribution is 2.19. The first-order valence-corrected chi connectivity index (χ1v) is 12.4. The van der Waals surface area contributed by atoms with Crippen LogP contribution in [0.15, 0.2) is 117 Å². The second-order valence-electron chi connectivity index (χ2n) is 5.50. The maximum atomic E-state index is 2.14. The second-order valence-corrected chi connectivity index (χ2v) is 9.03. The fourth-order valence-corrected chi connectivity index (χ4v) is 4.75. The number of thiophene rings is 4. The van der Waals surface area contributed by atoms with Gasteiger partial charge >= 0.3 is 0 Å². The van der Waals surface area contributed by atoms with Crippen molar-refractivity contribution in [2.24, 2.45) is 0 Å². The van der Waals surface area contributed by atoms with E-state index < -0.39 is 0 Å². The summed E-state index contributed by atoms with van der Waals surface area (Å²) >= 11 is 7.00.